The number of anilines is 2. The second-order valence-corrected chi connectivity index (χ2v) is 7.01. The van der Waals surface area contributed by atoms with Gasteiger partial charge in [0.2, 0.25) is 0 Å². The van der Waals surface area contributed by atoms with Crippen LogP contribution in [0.5, 0.6) is 0 Å². The molecular formula is C16H16N3O4P. The zero-order chi connectivity index (χ0) is 17.2. The summed E-state index contributed by atoms with van der Waals surface area (Å²) in [5.41, 5.74) is 2.05. The fourth-order valence-electron chi connectivity index (χ4n) is 2.35. The number of hydrogen-bond acceptors (Lipinski definition) is 4. The largest absolute Gasteiger partial charge is 0.450 e. The Hall–Kier alpha value is -2.79. The van der Waals surface area contributed by atoms with E-state index in [1.165, 1.54) is 0 Å². The van der Waals surface area contributed by atoms with E-state index in [0.29, 0.717) is 22.5 Å². The lowest BCUT2D eigenvalue weighted by Crippen LogP contribution is -2.25. The summed E-state index contributed by atoms with van der Waals surface area (Å²) in [6.45, 7) is 1.83. The third-order valence-corrected chi connectivity index (χ3v) is 5.01. The fraction of sp³-hybridized carbons (Fsp3) is 0.125. The van der Waals surface area contributed by atoms with Gasteiger partial charge < -0.3 is 14.9 Å². The molecule has 3 N–H and O–H groups in total. The number of fused-ring (bicyclic) bond motifs is 1. The molecule has 1 heterocycles. The van der Waals surface area contributed by atoms with E-state index in [4.69, 9.17) is 4.74 Å². The molecule has 2 aromatic carbocycles. The first-order valence-corrected chi connectivity index (χ1v) is 9.07. The van der Waals surface area contributed by atoms with Crippen LogP contribution in [0.1, 0.15) is 22.8 Å². The van der Waals surface area contributed by atoms with Gasteiger partial charge in [-0.3, -0.25) is 9.36 Å². The number of amides is 1. The molecule has 0 radical (unpaired) electrons. The minimum atomic E-state index is -3.40. The number of nitrogens with one attached hydrogen (secondary N) is 3. The first kappa shape index (κ1) is 16.1. The van der Waals surface area contributed by atoms with E-state index >= 15 is 0 Å². The summed E-state index contributed by atoms with van der Waals surface area (Å²) >= 11 is 0. The van der Waals surface area contributed by atoms with E-state index in [-0.39, 0.29) is 12.4 Å². The van der Waals surface area contributed by atoms with Gasteiger partial charge in [-0.25, -0.2) is 9.88 Å². The number of hydrogen-bond donors (Lipinski definition) is 3. The Kier molecular flexibility index (Phi) is 4.27. The third kappa shape index (κ3) is 3.26. The van der Waals surface area contributed by atoms with Crippen molar-refractivity contribution in [2.24, 2.45) is 0 Å². The van der Waals surface area contributed by atoms with Crippen molar-refractivity contribution in [2.75, 3.05) is 16.8 Å². The fourth-order valence-corrected chi connectivity index (χ4v) is 3.89. The lowest BCUT2D eigenvalue weighted by molar-refractivity contribution is 0.103. The van der Waals surface area contributed by atoms with Crippen molar-refractivity contribution >= 4 is 30.8 Å². The van der Waals surface area contributed by atoms with E-state index in [1.807, 2.05) is 6.07 Å². The van der Waals surface area contributed by atoms with Crippen LogP contribution in [0.15, 0.2) is 48.5 Å². The van der Waals surface area contributed by atoms with E-state index in [2.05, 4.69) is 15.3 Å². The molecule has 124 valence electrons. The molecule has 1 unspecified atom stereocenters. The molecule has 1 atom stereocenters. The summed E-state index contributed by atoms with van der Waals surface area (Å²) in [5, 5.41) is 7.73. The molecule has 1 aliphatic rings. The lowest BCUT2D eigenvalue weighted by Gasteiger charge is -2.13. The van der Waals surface area contributed by atoms with Crippen LogP contribution in [0.3, 0.4) is 0 Å². The number of ketones is 1. The van der Waals surface area contributed by atoms with Crippen LogP contribution in [0, 0.1) is 0 Å². The average Bonchev–Trinajstić information content (AvgIpc) is 2.89. The third-order valence-electron chi connectivity index (χ3n) is 3.40. The molecule has 0 aliphatic carbocycles. The highest BCUT2D eigenvalue weighted by atomic mass is 31.2. The summed E-state index contributed by atoms with van der Waals surface area (Å²) in [4.78, 5) is 23.9. The summed E-state index contributed by atoms with van der Waals surface area (Å²) in [6.07, 6.45) is -0.783. The Morgan fingerprint density at radius 2 is 1.75 bits per heavy atom. The van der Waals surface area contributed by atoms with Crippen LogP contribution in [-0.2, 0) is 9.30 Å². The van der Waals surface area contributed by atoms with Crippen molar-refractivity contribution in [3.63, 3.8) is 0 Å². The molecule has 0 bridgehead atoms. The first-order valence-electron chi connectivity index (χ1n) is 7.36. The van der Waals surface area contributed by atoms with Crippen molar-refractivity contribution in [3.8, 4) is 0 Å². The smallest absolute Gasteiger partial charge is 0.415 e. The molecule has 0 fully saturated rings. The van der Waals surface area contributed by atoms with Crippen molar-refractivity contribution in [1.29, 1.82) is 0 Å². The maximum Gasteiger partial charge on any atom is 0.415 e. The summed E-state index contributed by atoms with van der Waals surface area (Å²) in [6, 6.07) is 13.8. The van der Waals surface area contributed by atoms with Gasteiger partial charge in [0.15, 0.2) is 5.78 Å². The topological polar surface area (TPSA) is 96.5 Å². The molecule has 8 heteroatoms. The van der Waals surface area contributed by atoms with Gasteiger partial charge >= 0.3 is 13.7 Å². The Morgan fingerprint density at radius 1 is 1.04 bits per heavy atom. The first-order chi connectivity index (χ1) is 11.5. The Morgan fingerprint density at radius 3 is 2.46 bits per heavy atom. The van der Waals surface area contributed by atoms with Gasteiger partial charge in [0.1, 0.15) is 0 Å². The van der Waals surface area contributed by atoms with Crippen LogP contribution >= 0.6 is 7.59 Å². The van der Waals surface area contributed by atoms with Crippen molar-refractivity contribution in [3.05, 3.63) is 59.7 Å². The molecular weight excluding hydrogens is 329 g/mol. The number of carbonyl (C=O) groups excluding carboxylic acids is 2. The summed E-state index contributed by atoms with van der Waals surface area (Å²) < 4.78 is 17.3. The number of rotatable bonds is 4. The Balaban J connectivity index is 1.80. The molecule has 3 rings (SSSR count). The highest BCUT2D eigenvalue weighted by molar-refractivity contribution is 7.66. The van der Waals surface area contributed by atoms with Gasteiger partial charge in [0.05, 0.1) is 18.0 Å². The van der Waals surface area contributed by atoms with Gasteiger partial charge in [-0.1, -0.05) is 30.3 Å². The van der Waals surface area contributed by atoms with Crippen molar-refractivity contribution < 1.29 is 18.9 Å². The van der Waals surface area contributed by atoms with E-state index < -0.39 is 13.7 Å². The highest BCUT2D eigenvalue weighted by Crippen LogP contribution is 2.51. The van der Waals surface area contributed by atoms with E-state index in [0.717, 1.165) is 0 Å². The zero-order valence-corrected chi connectivity index (χ0v) is 13.8. The number of carbonyl (C=O) groups is 2. The van der Waals surface area contributed by atoms with Crippen LogP contribution < -0.4 is 15.3 Å². The van der Waals surface area contributed by atoms with Gasteiger partial charge in [0.25, 0.3) is 0 Å². The molecule has 1 amide bonds. The maximum atomic E-state index is 12.6. The predicted molar refractivity (Wildman–Crippen MR) is 91.3 cm³/mol. The quantitative estimate of drug-likeness (QED) is 0.579. The van der Waals surface area contributed by atoms with Gasteiger partial charge in [0, 0.05) is 11.1 Å². The second-order valence-electron chi connectivity index (χ2n) is 5.12. The van der Waals surface area contributed by atoms with Crippen molar-refractivity contribution in [1.82, 2.24) is 5.09 Å². The number of benzene rings is 2. The number of ether oxygens (including phenoxy) is 1. The SMILES string of the molecule is CCOC(=O)NP1(=O)Nc2ccc(C(=O)c3ccccc3)cc2N1. The summed E-state index contributed by atoms with van der Waals surface area (Å²) in [7, 11) is -3.40. The Labute approximate surface area is 138 Å². The molecule has 1 aliphatic heterocycles. The lowest BCUT2D eigenvalue weighted by atomic mass is 10.0. The van der Waals surface area contributed by atoms with Crippen LogP contribution in [0.4, 0.5) is 16.2 Å². The molecule has 2 aromatic rings. The standard InChI is InChI=1S/C16H16N3O4P/c1-2-23-16(21)19-24(22)17-13-9-8-12(10-14(13)18-24)15(20)11-6-4-3-5-7-11/h3-10H,2H2,1H3,(H3,17,18,19,21,22). The zero-order valence-electron chi connectivity index (χ0n) is 12.9. The van der Waals surface area contributed by atoms with Gasteiger partial charge in [-0.2, -0.15) is 0 Å². The highest BCUT2D eigenvalue weighted by Gasteiger charge is 2.33. The van der Waals surface area contributed by atoms with E-state index in [1.54, 1.807) is 49.4 Å². The molecule has 7 nitrogen and oxygen atoms in total. The van der Waals surface area contributed by atoms with Crippen LogP contribution in [0.25, 0.3) is 0 Å². The molecule has 0 aromatic heterocycles. The summed E-state index contributed by atoms with van der Waals surface area (Å²) in [5.74, 6) is -0.139. The maximum absolute atomic E-state index is 12.6. The molecule has 0 spiro atoms. The second kappa shape index (κ2) is 6.37. The minimum Gasteiger partial charge on any atom is -0.450 e. The van der Waals surface area contributed by atoms with Gasteiger partial charge in [-0.15, -0.1) is 0 Å². The normalized spacial score (nSPS) is 18.0. The average molecular weight is 345 g/mol. The van der Waals surface area contributed by atoms with E-state index in [9.17, 15) is 14.2 Å². The minimum absolute atomic E-state index is 0.139. The van der Waals surface area contributed by atoms with Crippen LogP contribution in [0.2, 0.25) is 0 Å². The molecule has 0 saturated heterocycles. The molecule has 24 heavy (non-hydrogen) atoms. The monoisotopic (exact) mass is 345 g/mol. The predicted octanol–water partition coefficient (Wildman–Crippen LogP) is 3.61. The molecule has 0 saturated carbocycles. The van der Waals surface area contributed by atoms with Crippen LogP contribution in [-0.4, -0.2) is 18.5 Å². The van der Waals surface area contributed by atoms with Crippen molar-refractivity contribution in [2.45, 2.75) is 6.92 Å². The van der Waals surface area contributed by atoms with Gasteiger partial charge in [-0.05, 0) is 25.1 Å². The Bertz CT molecular complexity index is 838.